The summed E-state index contributed by atoms with van der Waals surface area (Å²) in [7, 11) is 0. The first-order chi connectivity index (χ1) is 8.90. The Bertz CT molecular complexity index is 681. The standard InChI is InChI=1S/C11H8FN3O4/c1-6-4-8(11(16)17)13-14(6)10-5-7(12)2-3-9(10)15(18)19/h2-5H,1H3,(H,16,17). The summed E-state index contributed by atoms with van der Waals surface area (Å²) >= 11 is 0. The van der Waals surface area contributed by atoms with E-state index in [1.807, 2.05) is 0 Å². The Morgan fingerprint density at radius 3 is 2.68 bits per heavy atom. The van der Waals surface area contributed by atoms with Gasteiger partial charge in [-0.1, -0.05) is 0 Å². The molecule has 0 fully saturated rings. The molecule has 0 aliphatic rings. The summed E-state index contributed by atoms with van der Waals surface area (Å²) in [5.74, 6) is -1.94. The van der Waals surface area contributed by atoms with Gasteiger partial charge in [-0.15, -0.1) is 0 Å². The van der Waals surface area contributed by atoms with Crippen molar-refractivity contribution in [1.29, 1.82) is 0 Å². The first-order valence-corrected chi connectivity index (χ1v) is 5.14. The second-order valence-electron chi connectivity index (χ2n) is 3.78. The van der Waals surface area contributed by atoms with Crippen molar-refractivity contribution in [3.63, 3.8) is 0 Å². The summed E-state index contributed by atoms with van der Waals surface area (Å²) in [5.41, 5.74) is -0.387. The Balaban J connectivity index is 2.67. The van der Waals surface area contributed by atoms with Crippen LogP contribution in [0.5, 0.6) is 0 Å². The van der Waals surface area contributed by atoms with Crippen LogP contribution < -0.4 is 0 Å². The molecular weight excluding hydrogens is 257 g/mol. The molecule has 0 radical (unpaired) electrons. The molecule has 1 aromatic carbocycles. The lowest BCUT2D eigenvalue weighted by Crippen LogP contribution is -2.05. The third-order valence-corrected chi connectivity index (χ3v) is 2.47. The van der Waals surface area contributed by atoms with Crippen LogP contribution in [-0.2, 0) is 0 Å². The number of nitrogens with zero attached hydrogens (tertiary/aromatic N) is 3. The molecule has 19 heavy (non-hydrogen) atoms. The Labute approximate surface area is 106 Å². The quantitative estimate of drug-likeness (QED) is 0.675. The zero-order chi connectivity index (χ0) is 14.2. The number of rotatable bonds is 3. The molecular formula is C11H8FN3O4. The Morgan fingerprint density at radius 2 is 2.16 bits per heavy atom. The van der Waals surface area contributed by atoms with E-state index in [4.69, 9.17) is 5.11 Å². The minimum Gasteiger partial charge on any atom is -0.476 e. The number of carboxylic acids is 1. The van der Waals surface area contributed by atoms with E-state index in [9.17, 15) is 19.3 Å². The van der Waals surface area contributed by atoms with Gasteiger partial charge in [-0.25, -0.2) is 13.9 Å². The molecule has 2 rings (SSSR count). The van der Waals surface area contributed by atoms with Gasteiger partial charge in [0.05, 0.1) is 4.92 Å². The molecule has 2 aromatic rings. The lowest BCUT2D eigenvalue weighted by molar-refractivity contribution is -0.384. The van der Waals surface area contributed by atoms with Crippen molar-refractivity contribution in [2.75, 3.05) is 0 Å². The predicted octanol–water partition coefficient (Wildman–Crippen LogP) is 1.93. The zero-order valence-electron chi connectivity index (χ0n) is 9.70. The summed E-state index contributed by atoms with van der Waals surface area (Å²) in [5, 5.41) is 23.4. The number of aromatic carboxylic acids is 1. The number of carbonyl (C=O) groups is 1. The van der Waals surface area contributed by atoms with Crippen LogP contribution in [-0.4, -0.2) is 25.8 Å². The van der Waals surface area contributed by atoms with Gasteiger partial charge in [0.15, 0.2) is 5.69 Å². The maximum atomic E-state index is 13.2. The average molecular weight is 265 g/mol. The van der Waals surface area contributed by atoms with Crippen LogP contribution in [0, 0.1) is 22.9 Å². The van der Waals surface area contributed by atoms with Crippen molar-refractivity contribution in [3.05, 3.63) is 51.6 Å². The third-order valence-electron chi connectivity index (χ3n) is 2.47. The van der Waals surface area contributed by atoms with E-state index in [1.165, 1.54) is 13.0 Å². The highest BCUT2D eigenvalue weighted by molar-refractivity contribution is 5.85. The summed E-state index contributed by atoms with van der Waals surface area (Å²) in [4.78, 5) is 21.0. The molecule has 0 unspecified atom stereocenters. The molecule has 0 saturated carbocycles. The van der Waals surface area contributed by atoms with Gasteiger partial charge < -0.3 is 5.11 Å². The van der Waals surface area contributed by atoms with Gasteiger partial charge in [-0.2, -0.15) is 5.10 Å². The van der Waals surface area contributed by atoms with Crippen LogP contribution in [0.4, 0.5) is 10.1 Å². The maximum absolute atomic E-state index is 13.2. The van der Waals surface area contributed by atoms with E-state index < -0.39 is 16.7 Å². The van der Waals surface area contributed by atoms with Crippen LogP contribution >= 0.6 is 0 Å². The third kappa shape index (κ3) is 2.28. The van der Waals surface area contributed by atoms with E-state index >= 15 is 0 Å². The highest BCUT2D eigenvalue weighted by atomic mass is 19.1. The average Bonchev–Trinajstić information content (AvgIpc) is 2.71. The van der Waals surface area contributed by atoms with Crippen LogP contribution in [0.1, 0.15) is 16.2 Å². The van der Waals surface area contributed by atoms with Gasteiger partial charge >= 0.3 is 5.97 Å². The molecule has 1 heterocycles. The van der Waals surface area contributed by atoms with Crippen LogP contribution in [0.3, 0.4) is 0 Å². The fraction of sp³-hybridized carbons (Fsp3) is 0.0909. The maximum Gasteiger partial charge on any atom is 0.356 e. The van der Waals surface area contributed by atoms with Crippen molar-refractivity contribution in [3.8, 4) is 5.69 Å². The molecule has 0 saturated heterocycles. The monoisotopic (exact) mass is 265 g/mol. The van der Waals surface area contributed by atoms with Gasteiger partial charge in [0, 0.05) is 17.8 Å². The first-order valence-electron chi connectivity index (χ1n) is 5.14. The van der Waals surface area contributed by atoms with Crippen LogP contribution in [0.15, 0.2) is 24.3 Å². The number of aromatic nitrogens is 2. The zero-order valence-corrected chi connectivity index (χ0v) is 9.70. The molecule has 0 bridgehead atoms. The smallest absolute Gasteiger partial charge is 0.356 e. The molecule has 1 aromatic heterocycles. The molecule has 7 nitrogen and oxygen atoms in total. The second-order valence-corrected chi connectivity index (χ2v) is 3.78. The lowest BCUT2D eigenvalue weighted by atomic mass is 10.2. The molecule has 98 valence electrons. The van der Waals surface area contributed by atoms with Gasteiger partial charge in [0.1, 0.15) is 11.5 Å². The van der Waals surface area contributed by atoms with Crippen molar-refractivity contribution < 1.29 is 19.2 Å². The Kier molecular flexibility index (Phi) is 2.99. The van der Waals surface area contributed by atoms with Crippen molar-refractivity contribution >= 4 is 11.7 Å². The minimum atomic E-state index is -1.26. The number of hydrogen-bond donors (Lipinski definition) is 1. The summed E-state index contributed by atoms with van der Waals surface area (Å²) in [6.45, 7) is 1.52. The normalized spacial score (nSPS) is 10.4. The molecule has 0 spiro atoms. The summed E-state index contributed by atoms with van der Waals surface area (Å²) in [6.07, 6.45) is 0. The fourth-order valence-electron chi connectivity index (χ4n) is 1.64. The van der Waals surface area contributed by atoms with Crippen molar-refractivity contribution in [2.24, 2.45) is 0 Å². The number of halogens is 1. The molecule has 0 amide bonds. The van der Waals surface area contributed by atoms with E-state index in [1.54, 1.807) is 0 Å². The van der Waals surface area contributed by atoms with Crippen LogP contribution in [0.2, 0.25) is 0 Å². The largest absolute Gasteiger partial charge is 0.476 e. The van der Waals surface area contributed by atoms with Gasteiger partial charge in [0.2, 0.25) is 0 Å². The van der Waals surface area contributed by atoms with Gasteiger partial charge in [-0.05, 0) is 19.1 Å². The van der Waals surface area contributed by atoms with E-state index in [2.05, 4.69) is 5.10 Å². The molecule has 0 atom stereocenters. The Morgan fingerprint density at radius 1 is 1.47 bits per heavy atom. The number of carboxylic acid groups (broad SMARTS) is 1. The molecule has 0 aliphatic carbocycles. The van der Waals surface area contributed by atoms with E-state index in [0.717, 1.165) is 22.9 Å². The van der Waals surface area contributed by atoms with Crippen molar-refractivity contribution in [1.82, 2.24) is 9.78 Å². The second kappa shape index (κ2) is 4.48. The SMILES string of the molecule is Cc1cc(C(=O)O)nn1-c1cc(F)ccc1[N+](=O)[O-]. The first kappa shape index (κ1) is 12.7. The summed E-state index contributed by atoms with van der Waals surface area (Å²) < 4.78 is 14.2. The van der Waals surface area contributed by atoms with Gasteiger partial charge in [-0.3, -0.25) is 10.1 Å². The fourth-order valence-corrected chi connectivity index (χ4v) is 1.64. The number of hydrogen-bond acceptors (Lipinski definition) is 4. The van der Waals surface area contributed by atoms with Crippen LogP contribution in [0.25, 0.3) is 5.69 Å². The summed E-state index contributed by atoms with van der Waals surface area (Å²) in [6, 6.07) is 4.14. The van der Waals surface area contributed by atoms with Crippen molar-refractivity contribution in [2.45, 2.75) is 6.92 Å². The topological polar surface area (TPSA) is 98.3 Å². The predicted molar refractivity (Wildman–Crippen MR) is 61.9 cm³/mol. The molecule has 0 aliphatic heterocycles. The van der Waals surface area contributed by atoms with E-state index in [-0.39, 0.29) is 17.1 Å². The van der Waals surface area contributed by atoms with Gasteiger partial charge in [0.25, 0.3) is 5.69 Å². The molecule has 8 heteroatoms. The minimum absolute atomic E-state index is 0.116. The lowest BCUT2D eigenvalue weighted by Gasteiger charge is -2.05. The van der Waals surface area contributed by atoms with E-state index in [0.29, 0.717) is 5.69 Å². The molecule has 1 N–H and O–H groups in total. The number of nitro groups is 1. The number of nitro benzene ring substituents is 1. The Hall–Kier alpha value is -2.77. The highest BCUT2D eigenvalue weighted by Crippen LogP contribution is 2.24. The number of benzene rings is 1. The number of aryl methyl sites for hydroxylation is 1. The highest BCUT2D eigenvalue weighted by Gasteiger charge is 2.20.